The molecule has 1 aliphatic rings. The molecule has 1 fully saturated rings. The largest absolute Gasteiger partial charge is 0.381 e. The number of rotatable bonds is 8. The minimum atomic E-state index is 0.296. The van der Waals surface area contributed by atoms with Gasteiger partial charge >= 0.3 is 0 Å². The second-order valence-electron chi connectivity index (χ2n) is 5.69. The van der Waals surface area contributed by atoms with Crippen LogP contribution >= 0.6 is 0 Å². The smallest absolute Gasteiger partial charge is 0.0675 e. The molecule has 0 heterocycles. The monoisotopic (exact) mass is 257 g/mol. The van der Waals surface area contributed by atoms with Gasteiger partial charge in [0.25, 0.3) is 0 Å². The van der Waals surface area contributed by atoms with Crippen LogP contribution in [0.2, 0.25) is 0 Å². The van der Waals surface area contributed by atoms with Crippen molar-refractivity contribution in [2.75, 3.05) is 13.7 Å². The SMILES string of the molecule is CCCC(C)NCC(C)OC1CCCC(OC)C1. The first-order valence-corrected chi connectivity index (χ1v) is 7.57. The number of methoxy groups -OCH3 is 1. The Morgan fingerprint density at radius 3 is 2.61 bits per heavy atom. The average molecular weight is 257 g/mol. The van der Waals surface area contributed by atoms with Crippen LogP contribution in [-0.2, 0) is 9.47 Å². The van der Waals surface area contributed by atoms with Crippen molar-refractivity contribution in [3.05, 3.63) is 0 Å². The van der Waals surface area contributed by atoms with Crippen LogP contribution in [0.4, 0.5) is 0 Å². The van der Waals surface area contributed by atoms with Crippen LogP contribution in [0.1, 0.15) is 59.3 Å². The first-order valence-electron chi connectivity index (χ1n) is 7.57. The normalized spacial score (nSPS) is 28.0. The summed E-state index contributed by atoms with van der Waals surface area (Å²) in [7, 11) is 1.81. The van der Waals surface area contributed by atoms with Gasteiger partial charge in [-0.25, -0.2) is 0 Å². The van der Waals surface area contributed by atoms with E-state index < -0.39 is 0 Å². The Kier molecular flexibility index (Phi) is 7.87. The first kappa shape index (κ1) is 15.9. The Hall–Kier alpha value is -0.120. The van der Waals surface area contributed by atoms with Crippen LogP contribution in [0, 0.1) is 0 Å². The van der Waals surface area contributed by atoms with E-state index in [1.165, 1.54) is 32.1 Å². The zero-order valence-electron chi connectivity index (χ0n) is 12.6. The summed E-state index contributed by atoms with van der Waals surface area (Å²) >= 11 is 0. The second kappa shape index (κ2) is 8.89. The van der Waals surface area contributed by atoms with E-state index in [9.17, 15) is 0 Å². The molecule has 4 unspecified atom stereocenters. The minimum Gasteiger partial charge on any atom is -0.381 e. The molecule has 1 saturated carbocycles. The van der Waals surface area contributed by atoms with Crippen molar-refractivity contribution < 1.29 is 9.47 Å². The summed E-state index contributed by atoms with van der Waals surface area (Å²) in [4.78, 5) is 0. The highest BCUT2D eigenvalue weighted by atomic mass is 16.5. The maximum atomic E-state index is 6.11. The highest BCUT2D eigenvalue weighted by Gasteiger charge is 2.23. The van der Waals surface area contributed by atoms with Gasteiger partial charge in [-0.15, -0.1) is 0 Å². The third-order valence-electron chi connectivity index (χ3n) is 3.81. The molecule has 0 bridgehead atoms. The van der Waals surface area contributed by atoms with E-state index in [-0.39, 0.29) is 0 Å². The summed E-state index contributed by atoms with van der Waals surface area (Å²) in [5.41, 5.74) is 0. The number of hydrogen-bond donors (Lipinski definition) is 1. The highest BCUT2D eigenvalue weighted by Crippen LogP contribution is 2.23. The lowest BCUT2D eigenvalue weighted by molar-refractivity contribution is -0.0585. The Morgan fingerprint density at radius 1 is 1.22 bits per heavy atom. The van der Waals surface area contributed by atoms with Crippen molar-refractivity contribution >= 4 is 0 Å². The number of ether oxygens (including phenoxy) is 2. The predicted molar refractivity (Wildman–Crippen MR) is 76.0 cm³/mol. The minimum absolute atomic E-state index is 0.296. The lowest BCUT2D eigenvalue weighted by Crippen LogP contribution is -2.37. The van der Waals surface area contributed by atoms with Crippen molar-refractivity contribution in [1.82, 2.24) is 5.32 Å². The zero-order chi connectivity index (χ0) is 13.4. The fraction of sp³-hybridized carbons (Fsp3) is 1.00. The van der Waals surface area contributed by atoms with E-state index in [0.29, 0.717) is 24.4 Å². The fourth-order valence-corrected chi connectivity index (χ4v) is 2.72. The molecule has 0 spiro atoms. The van der Waals surface area contributed by atoms with Gasteiger partial charge in [0.1, 0.15) is 0 Å². The van der Waals surface area contributed by atoms with Crippen molar-refractivity contribution in [3.63, 3.8) is 0 Å². The third-order valence-corrected chi connectivity index (χ3v) is 3.81. The van der Waals surface area contributed by atoms with Crippen LogP contribution in [0.15, 0.2) is 0 Å². The van der Waals surface area contributed by atoms with Crippen LogP contribution in [0.25, 0.3) is 0 Å². The molecule has 0 radical (unpaired) electrons. The molecule has 18 heavy (non-hydrogen) atoms. The molecular formula is C15H31NO2. The summed E-state index contributed by atoms with van der Waals surface area (Å²) in [6, 6.07) is 0.596. The van der Waals surface area contributed by atoms with E-state index in [0.717, 1.165) is 13.0 Å². The van der Waals surface area contributed by atoms with Crippen LogP contribution in [0.3, 0.4) is 0 Å². The van der Waals surface area contributed by atoms with Crippen molar-refractivity contribution in [2.24, 2.45) is 0 Å². The summed E-state index contributed by atoms with van der Waals surface area (Å²) in [5.74, 6) is 0. The van der Waals surface area contributed by atoms with Crippen LogP contribution < -0.4 is 5.32 Å². The van der Waals surface area contributed by atoms with E-state index in [1.54, 1.807) is 0 Å². The topological polar surface area (TPSA) is 30.5 Å². The van der Waals surface area contributed by atoms with Crippen molar-refractivity contribution in [1.29, 1.82) is 0 Å². The van der Waals surface area contributed by atoms with Crippen LogP contribution in [0.5, 0.6) is 0 Å². The molecule has 3 heteroatoms. The van der Waals surface area contributed by atoms with Crippen molar-refractivity contribution in [3.8, 4) is 0 Å². The van der Waals surface area contributed by atoms with Gasteiger partial charge in [-0.05, 0) is 46.0 Å². The predicted octanol–water partition coefficient (Wildman–Crippen LogP) is 3.13. The van der Waals surface area contributed by atoms with Gasteiger partial charge in [-0.3, -0.25) is 0 Å². The second-order valence-corrected chi connectivity index (χ2v) is 5.69. The van der Waals surface area contributed by atoms with E-state index in [4.69, 9.17) is 9.47 Å². The fourth-order valence-electron chi connectivity index (χ4n) is 2.72. The maximum Gasteiger partial charge on any atom is 0.0675 e. The summed E-state index contributed by atoms with van der Waals surface area (Å²) in [6.07, 6.45) is 8.24. The molecule has 1 N–H and O–H groups in total. The molecule has 1 aliphatic carbocycles. The standard InChI is InChI=1S/C15H31NO2/c1-5-7-12(2)16-11-13(3)18-15-9-6-8-14(10-15)17-4/h12-16H,5-11H2,1-4H3. The lowest BCUT2D eigenvalue weighted by Gasteiger charge is -2.30. The summed E-state index contributed by atoms with van der Waals surface area (Å²) < 4.78 is 11.5. The summed E-state index contributed by atoms with van der Waals surface area (Å²) in [6.45, 7) is 7.60. The van der Waals surface area contributed by atoms with E-state index in [1.807, 2.05) is 7.11 Å². The molecular weight excluding hydrogens is 226 g/mol. The molecule has 3 nitrogen and oxygen atoms in total. The zero-order valence-corrected chi connectivity index (χ0v) is 12.6. The van der Waals surface area contributed by atoms with Gasteiger partial charge in [0, 0.05) is 19.7 Å². The number of hydrogen-bond acceptors (Lipinski definition) is 3. The quantitative estimate of drug-likeness (QED) is 0.724. The molecule has 0 aliphatic heterocycles. The van der Waals surface area contributed by atoms with Gasteiger partial charge < -0.3 is 14.8 Å². The molecule has 0 aromatic heterocycles. The highest BCUT2D eigenvalue weighted by molar-refractivity contribution is 4.75. The Balaban J connectivity index is 2.16. The van der Waals surface area contributed by atoms with Gasteiger partial charge in [0.15, 0.2) is 0 Å². The Morgan fingerprint density at radius 2 is 1.94 bits per heavy atom. The lowest BCUT2D eigenvalue weighted by atomic mass is 9.95. The Bertz CT molecular complexity index is 211. The Labute approximate surface area is 113 Å². The molecule has 1 rings (SSSR count). The first-order chi connectivity index (χ1) is 8.65. The van der Waals surface area contributed by atoms with Gasteiger partial charge in [0.05, 0.1) is 18.3 Å². The maximum absolute atomic E-state index is 6.11. The average Bonchev–Trinajstić information content (AvgIpc) is 2.37. The van der Waals surface area contributed by atoms with E-state index >= 15 is 0 Å². The molecule has 4 atom stereocenters. The third kappa shape index (κ3) is 6.17. The van der Waals surface area contributed by atoms with Crippen molar-refractivity contribution in [2.45, 2.75) is 83.6 Å². The van der Waals surface area contributed by atoms with Gasteiger partial charge in [-0.2, -0.15) is 0 Å². The molecule has 0 aromatic rings. The summed E-state index contributed by atoms with van der Waals surface area (Å²) in [5, 5.41) is 3.54. The molecule has 108 valence electrons. The van der Waals surface area contributed by atoms with Crippen LogP contribution in [-0.4, -0.2) is 38.0 Å². The van der Waals surface area contributed by atoms with E-state index in [2.05, 4.69) is 26.1 Å². The van der Waals surface area contributed by atoms with Gasteiger partial charge in [0.2, 0.25) is 0 Å². The number of nitrogens with one attached hydrogen (secondary N) is 1. The van der Waals surface area contributed by atoms with Gasteiger partial charge in [-0.1, -0.05) is 13.3 Å². The molecule has 0 aromatic carbocycles. The molecule has 0 amide bonds. The molecule has 0 saturated heterocycles.